The van der Waals surface area contributed by atoms with Crippen molar-refractivity contribution < 1.29 is 26.4 Å². The molecule has 0 aliphatic rings. The van der Waals surface area contributed by atoms with Gasteiger partial charge in [-0.2, -0.15) is 0 Å². The lowest BCUT2D eigenvalue weighted by Gasteiger charge is -2.06. The lowest BCUT2D eigenvalue weighted by atomic mass is 10.1. The second-order valence-corrected chi connectivity index (χ2v) is 11.0. The molecule has 7 heteroatoms. The third-order valence-corrected chi connectivity index (χ3v) is 7.14. The first-order chi connectivity index (χ1) is 16.9. The number of unbranched alkanes of at least 4 members (excludes halogenated alkanes) is 20. The fourth-order valence-corrected chi connectivity index (χ4v) is 4.85. The summed E-state index contributed by atoms with van der Waals surface area (Å²) in [4.78, 5) is 23.5. The molecule has 35 heavy (non-hydrogen) atoms. The van der Waals surface area contributed by atoms with Crippen LogP contribution in [0.25, 0.3) is 0 Å². The van der Waals surface area contributed by atoms with E-state index in [0.29, 0.717) is 12.8 Å². The van der Waals surface area contributed by atoms with Gasteiger partial charge >= 0.3 is 22.3 Å². The SMILES string of the molecule is CCCCCCCCCCCCCC(=O)OS(=O)(=O)OC(=O)CCCCCCCCCCCCC. The Labute approximate surface area is 216 Å². The zero-order valence-corrected chi connectivity index (χ0v) is 23.6. The fourth-order valence-electron chi connectivity index (χ4n) is 4.20. The molecule has 0 radical (unpaired) electrons. The Morgan fingerprint density at radius 2 is 0.657 bits per heavy atom. The van der Waals surface area contributed by atoms with Crippen molar-refractivity contribution in [2.45, 2.75) is 168 Å². The third kappa shape index (κ3) is 25.8. The van der Waals surface area contributed by atoms with E-state index in [9.17, 15) is 18.0 Å². The normalized spacial score (nSPS) is 11.5. The van der Waals surface area contributed by atoms with E-state index in [0.717, 1.165) is 38.5 Å². The average molecular weight is 519 g/mol. The van der Waals surface area contributed by atoms with E-state index in [1.54, 1.807) is 0 Å². The number of hydrogen-bond acceptors (Lipinski definition) is 6. The van der Waals surface area contributed by atoms with Crippen LogP contribution in [-0.2, 0) is 28.4 Å². The zero-order chi connectivity index (χ0) is 26.0. The topological polar surface area (TPSA) is 86.7 Å². The van der Waals surface area contributed by atoms with Crippen molar-refractivity contribution in [3.63, 3.8) is 0 Å². The van der Waals surface area contributed by atoms with E-state index >= 15 is 0 Å². The van der Waals surface area contributed by atoms with Gasteiger partial charge in [-0.25, -0.2) is 0 Å². The van der Waals surface area contributed by atoms with Gasteiger partial charge in [-0.3, -0.25) is 9.59 Å². The molecule has 0 aromatic rings. The van der Waals surface area contributed by atoms with Crippen molar-refractivity contribution in [2.75, 3.05) is 0 Å². The summed E-state index contributed by atoms with van der Waals surface area (Å²) in [7, 11) is -4.61. The Hall–Kier alpha value is -1.11. The van der Waals surface area contributed by atoms with Gasteiger partial charge in [-0.05, 0) is 12.8 Å². The monoisotopic (exact) mass is 518 g/mol. The molecule has 0 heterocycles. The van der Waals surface area contributed by atoms with E-state index in [1.165, 1.54) is 89.9 Å². The van der Waals surface area contributed by atoms with E-state index < -0.39 is 22.3 Å². The molecule has 0 aromatic heterocycles. The molecule has 6 nitrogen and oxygen atoms in total. The van der Waals surface area contributed by atoms with Crippen LogP contribution in [0.1, 0.15) is 168 Å². The maximum atomic E-state index is 11.8. The molecule has 0 aliphatic heterocycles. The van der Waals surface area contributed by atoms with Crippen LogP contribution >= 0.6 is 0 Å². The average Bonchev–Trinajstić information content (AvgIpc) is 2.80. The van der Waals surface area contributed by atoms with Crippen molar-refractivity contribution in [3.8, 4) is 0 Å². The molecule has 0 fully saturated rings. The number of carbonyl (C=O) groups excluding carboxylic acids is 2. The summed E-state index contributed by atoms with van der Waals surface area (Å²) < 4.78 is 32.3. The van der Waals surface area contributed by atoms with Crippen molar-refractivity contribution in [3.05, 3.63) is 0 Å². The standard InChI is InChI=1S/C28H54O6S/c1-3-5-7-9-11-13-15-17-19-21-23-25-27(29)33-35(31,32)34-28(30)26-24-22-20-18-16-14-12-10-8-6-4-2/h3-26H2,1-2H3. The van der Waals surface area contributed by atoms with Crippen LogP contribution in [0.5, 0.6) is 0 Å². The molecular formula is C28H54O6S. The summed E-state index contributed by atoms with van der Waals surface area (Å²) in [5, 5.41) is 0. The highest BCUT2D eigenvalue weighted by Gasteiger charge is 2.22. The summed E-state index contributed by atoms with van der Waals surface area (Å²) in [6.45, 7) is 4.44. The van der Waals surface area contributed by atoms with Gasteiger partial charge in [0.15, 0.2) is 0 Å². The first-order valence-corrected chi connectivity index (χ1v) is 15.9. The molecule has 0 spiro atoms. The summed E-state index contributed by atoms with van der Waals surface area (Å²) in [5.74, 6) is -1.72. The molecule has 0 aromatic carbocycles. The van der Waals surface area contributed by atoms with Crippen LogP contribution < -0.4 is 0 Å². The quantitative estimate of drug-likeness (QED) is 0.106. The number of carbonyl (C=O) groups is 2. The zero-order valence-electron chi connectivity index (χ0n) is 22.8. The first-order valence-electron chi connectivity index (χ1n) is 14.6. The number of rotatable bonds is 26. The molecule has 0 amide bonds. The highest BCUT2D eigenvalue weighted by molar-refractivity contribution is 7.82. The van der Waals surface area contributed by atoms with E-state index in [1.807, 2.05) is 0 Å². The van der Waals surface area contributed by atoms with Gasteiger partial charge in [0.1, 0.15) is 0 Å². The molecule has 0 rings (SSSR count). The van der Waals surface area contributed by atoms with Crippen LogP contribution in [0.4, 0.5) is 0 Å². The maximum Gasteiger partial charge on any atom is 0.506 e. The molecule has 0 bridgehead atoms. The van der Waals surface area contributed by atoms with Gasteiger partial charge < -0.3 is 8.37 Å². The Bertz CT molecular complexity index is 557. The van der Waals surface area contributed by atoms with E-state index in [4.69, 9.17) is 0 Å². The Balaban J connectivity index is 3.63. The van der Waals surface area contributed by atoms with Crippen LogP contribution in [0, 0.1) is 0 Å². The van der Waals surface area contributed by atoms with Crippen LogP contribution in [0.2, 0.25) is 0 Å². The Morgan fingerprint density at radius 3 is 0.914 bits per heavy atom. The predicted octanol–water partition coefficient (Wildman–Crippen LogP) is 8.72. The summed E-state index contributed by atoms with van der Waals surface area (Å²) in [6.07, 6.45) is 25.3. The minimum atomic E-state index is -4.61. The highest BCUT2D eigenvalue weighted by atomic mass is 32.3. The van der Waals surface area contributed by atoms with Gasteiger partial charge in [-0.15, -0.1) is 8.42 Å². The second-order valence-electron chi connectivity index (χ2n) is 9.89. The van der Waals surface area contributed by atoms with E-state index in [-0.39, 0.29) is 12.8 Å². The lowest BCUT2D eigenvalue weighted by molar-refractivity contribution is -0.138. The third-order valence-electron chi connectivity index (χ3n) is 6.36. The first kappa shape index (κ1) is 33.9. The molecule has 0 saturated heterocycles. The van der Waals surface area contributed by atoms with Crippen molar-refractivity contribution in [1.29, 1.82) is 0 Å². The largest absolute Gasteiger partial charge is 0.506 e. The summed E-state index contributed by atoms with van der Waals surface area (Å²) >= 11 is 0. The lowest BCUT2D eigenvalue weighted by Crippen LogP contribution is -2.19. The predicted molar refractivity (Wildman–Crippen MR) is 143 cm³/mol. The van der Waals surface area contributed by atoms with Gasteiger partial charge in [0, 0.05) is 12.8 Å². The van der Waals surface area contributed by atoms with Crippen LogP contribution in [0.3, 0.4) is 0 Å². The molecule has 0 unspecified atom stereocenters. The molecule has 0 N–H and O–H groups in total. The van der Waals surface area contributed by atoms with Gasteiger partial charge in [0.2, 0.25) is 0 Å². The molecule has 208 valence electrons. The Morgan fingerprint density at radius 1 is 0.429 bits per heavy atom. The van der Waals surface area contributed by atoms with Crippen molar-refractivity contribution in [2.24, 2.45) is 0 Å². The molecule has 0 saturated carbocycles. The van der Waals surface area contributed by atoms with Crippen molar-refractivity contribution >= 4 is 22.3 Å². The molecular weight excluding hydrogens is 464 g/mol. The van der Waals surface area contributed by atoms with Gasteiger partial charge in [-0.1, -0.05) is 142 Å². The number of hydrogen-bond donors (Lipinski definition) is 0. The summed E-state index contributed by atoms with van der Waals surface area (Å²) in [5.41, 5.74) is 0. The molecule has 0 aliphatic carbocycles. The molecule has 0 atom stereocenters. The van der Waals surface area contributed by atoms with Gasteiger partial charge in [0.05, 0.1) is 0 Å². The fraction of sp³-hybridized carbons (Fsp3) is 0.929. The summed E-state index contributed by atoms with van der Waals surface area (Å²) in [6, 6.07) is 0. The van der Waals surface area contributed by atoms with Crippen LogP contribution in [0.15, 0.2) is 0 Å². The minimum absolute atomic E-state index is 0.0202. The van der Waals surface area contributed by atoms with Crippen LogP contribution in [-0.4, -0.2) is 20.4 Å². The Kier molecular flexibility index (Phi) is 23.8. The maximum absolute atomic E-state index is 11.8. The van der Waals surface area contributed by atoms with Crippen molar-refractivity contribution in [1.82, 2.24) is 0 Å². The second kappa shape index (κ2) is 24.6. The van der Waals surface area contributed by atoms with E-state index in [2.05, 4.69) is 22.2 Å². The highest BCUT2D eigenvalue weighted by Crippen LogP contribution is 2.14. The van der Waals surface area contributed by atoms with Gasteiger partial charge in [0.25, 0.3) is 0 Å². The smallest absolute Gasteiger partial charge is 0.316 e. The minimum Gasteiger partial charge on any atom is -0.316 e.